The molecule has 0 spiro atoms. The third-order valence-electron chi connectivity index (χ3n) is 2.99. The molecule has 0 saturated heterocycles. The van der Waals surface area contributed by atoms with Crippen LogP contribution >= 0.6 is 0 Å². The van der Waals surface area contributed by atoms with Gasteiger partial charge < -0.3 is 5.11 Å². The van der Waals surface area contributed by atoms with E-state index in [2.05, 4.69) is 23.7 Å². The van der Waals surface area contributed by atoms with E-state index in [4.69, 9.17) is 5.11 Å². The van der Waals surface area contributed by atoms with Crippen molar-refractivity contribution in [2.45, 2.75) is 57.5 Å². The third kappa shape index (κ3) is 6.26. The molecule has 0 aliphatic carbocycles. The number of hydrogen-bond acceptors (Lipinski definition) is 4. The van der Waals surface area contributed by atoms with E-state index in [0.717, 1.165) is 30.1 Å². The van der Waals surface area contributed by atoms with Crippen molar-refractivity contribution in [3.63, 3.8) is 0 Å². The van der Waals surface area contributed by atoms with E-state index < -0.39 is 16.0 Å². The molecule has 0 radical (unpaired) electrons. The summed E-state index contributed by atoms with van der Waals surface area (Å²) in [5.41, 5.74) is 0. The Balaban J connectivity index is 2.60. The summed E-state index contributed by atoms with van der Waals surface area (Å²) >= 11 is 0. The van der Waals surface area contributed by atoms with Crippen molar-refractivity contribution in [3.8, 4) is 0 Å². The van der Waals surface area contributed by atoms with Crippen LogP contribution in [0.15, 0.2) is 17.3 Å². The second-order valence-corrected chi connectivity index (χ2v) is 7.33. The van der Waals surface area contributed by atoms with E-state index in [1.807, 2.05) is 6.92 Å². The molecule has 0 aliphatic rings. The first kappa shape index (κ1) is 17.6. The van der Waals surface area contributed by atoms with Gasteiger partial charge in [0.1, 0.15) is 11.4 Å². The number of carboxylic acids is 1. The number of sulfonamides is 1. The zero-order chi connectivity index (χ0) is 16.0. The van der Waals surface area contributed by atoms with Crippen molar-refractivity contribution in [3.05, 3.63) is 12.4 Å². The van der Waals surface area contributed by atoms with Crippen molar-refractivity contribution in [2.75, 3.05) is 0 Å². The number of nitrogens with one attached hydrogen (secondary N) is 1. The number of hydrogen-bond donors (Lipinski definition) is 2. The standard InChI is InChI=1S/C13H23N3O4S/c1-10(2)5-4-6-11(3)15-21(19,20)12-7-14-16(8-12)9-13(17)18/h7-8,10-11,15H,4-6,9H2,1-3H3,(H,17,18). The van der Waals surface area contributed by atoms with Gasteiger partial charge in [-0.2, -0.15) is 5.10 Å². The van der Waals surface area contributed by atoms with Gasteiger partial charge in [0.25, 0.3) is 0 Å². The van der Waals surface area contributed by atoms with Gasteiger partial charge in [0, 0.05) is 12.2 Å². The molecule has 0 fully saturated rings. The highest BCUT2D eigenvalue weighted by molar-refractivity contribution is 7.89. The summed E-state index contributed by atoms with van der Waals surface area (Å²) in [4.78, 5) is 10.5. The highest BCUT2D eigenvalue weighted by Gasteiger charge is 2.19. The Kier molecular flexibility index (Phi) is 6.35. The molecule has 8 heteroatoms. The minimum absolute atomic E-state index is 0.0144. The molecule has 1 heterocycles. The number of nitrogens with zero attached hydrogens (tertiary/aromatic N) is 2. The second kappa shape index (κ2) is 7.56. The van der Waals surface area contributed by atoms with Gasteiger partial charge in [-0.25, -0.2) is 13.1 Å². The molecule has 1 unspecified atom stereocenters. The lowest BCUT2D eigenvalue weighted by molar-refractivity contribution is -0.137. The molecule has 0 aromatic carbocycles. The average molecular weight is 317 g/mol. The summed E-state index contributed by atoms with van der Waals surface area (Å²) < 4.78 is 27.9. The highest BCUT2D eigenvalue weighted by atomic mass is 32.2. The number of carbonyl (C=O) groups is 1. The van der Waals surface area contributed by atoms with E-state index in [1.54, 1.807) is 0 Å². The topological polar surface area (TPSA) is 101 Å². The van der Waals surface area contributed by atoms with E-state index in [9.17, 15) is 13.2 Å². The van der Waals surface area contributed by atoms with Gasteiger partial charge in [0.2, 0.25) is 10.0 Å². The Morgan fingerprint density at radius 2 is 2.05 bits per heavy atom. The normalized spacial score (nSPS) is 13.5. The molecule has 120 valence electrons. The molecule has 1 rings (SSSR count). The van der Waals surface area contributed by atoms with Crippen LogP contribution in [0.3, 0.4) is 0 Å². The number of aliphatic carboxylic acids is 1. The third-order valence-corrected chi connectivity index (χ3v) is 4.54. The van der Waals surface area contributed by atoms with Crippen LogP contribution in [0.5, 0.6) is 0 Å². The summed E-state index contributed by atoms with van der Waals surface area (Å²) in [5.74, 6) is -0.472. The van der Waals surface area contributed by atoms with Crippen LogP contribution in [0, 0.1) is 5.92 Å². The molecular formula is C13H23N3O4S. The first-order valence-electron chi connectivity index (χ1n) is 6.97. The van der Waals surface area contributed by atoms with Crippen LogP contribution < -0.4 is 4.72 Å². The van der Waals surface area contributed by atoms with Gasteiger partial charge >= 0.3 is 5.97 Å². The molecule has 0 aliphatic heterocycles. The van der Waals surface area contributed by atoms with Crippen LogP contribution in [0.2, 0.25) is 0 Å². The molecule has 21 heavy (non-hydrogen) atoms. The fraction of sp³-hybridized carbons (Fsp3) is 0.692. The van der Waals surface area contributed by atoms with Crippen LogP contribution in [0.1, 0.15) is 40.0 Å². The Hall–Kier alpha value is -1.41. The maximum Gasteiger partial charge on any atom is 0.325 e. The number of aromatic nitrogens is 2. The molecule has 0 bridgehead atoms. The van der Waals surface area contributed by atoms with Crippen LogP contribution in [-0.2, 0) is 21.4 Å². The van der Waals surface area contributed by atoms with Gasteiger partial charge in [-0.3, -0.25) is 9.48 Å². The summed E-state index contributed by atoms with van der Waals surface area (Å²) in [5, 5.41) is 12.4. The lowest BCUT2D eigenvalue weighted by Crippen LogP contribution is -2.32. The van der Waals surface area contributed by atoms with Gasteiger partial charge in [0.15, 0.2) is 0 Å². The maximum atomic E-state index is 12.1. The molecule has 1 aromatic rings. The van der Waals surface area contributed by atoms with Crippen molar-refractivity contribution in [1.29, 1.82) is 0 Å². The smallest absolute Gasteiger partial charge is 0.325 e. The van der Waals surface area contributed by atoms with Crippen LogP contribution in [0.25, 0.3) is 0 Å². The molecule has 0 amide bonds. The first-order valence-corrected chi connectivity index (χ1v) is 8.45. The van der Waals surface area contributed by atoms with Crippen LogP contribution in [0.4, 0.5) is 0 Å². The van der Waals surface area contributed by atoms with Crippen molar-refractivity contribution in [1.82, 2.24) is 14.5 Å². The minimum atomic E-state index is -3.65. The molecule has 2 N–H and O–H groups in total. The van der Waals surface area contributed by atoms with Gasteiger partial charge in [-0.05, 0) is 19.3 Å². The Morgan fingerprint density at radius 1 is 1.38 bits per heavy atom. The number of rotatable bonds is 9. The van der Waals surface area contributed by atoms with E-state index in [0.29, 0.717) is 5.92 Å². The van der Waals surface area contributed by atoms with Gasteiger partial charge in [-0.1, -0.05) is 26.7 Å². The van der Waals surface area contributed by atoms with E-state index in [-0.39, 0.29) is 17.5 Å². The first-order chi connectivity index (χ1) is 9.70. The Bertz CT molecular complexity index is 566. The molecule has 0 saturated carbocycles. The summed E-state index contributed by atoms with van der Waals surface area (Å²) in [6, 6.07) is -0.170. The summed E-state index contributed by atoms with van der Waals surface area (Å²) in [6.45, 7) is 5.72. The average Bonchev–Trinajstić information content (AvgIpc) is 2.75. The zero-order valence-electron chi connectivity index (χ0n) is 12.6. The van der Waals surface area contributed by atoms with Crippen molar-refractivity contribution < 1.29 is 18.3 Å². The Morgan fingerprint density at radius 3 is 2.62 bits per heavy atom. The van der Waals surface area contributed by atoms with E-state index >= 15 is 0 Å². The predicted molar refractivity (Wildman–Crippen MR) is 78.3 cm³/mol. The van der Waals surface area contributed by atoms with Crippen LogP contribution in [-0.4, -0.2) is 35.3 Å². The fourth-order valence-electron chi connectivity index (χ4n) is 1.93. The lowest BCUT2D eigenvalue weighted by Gasteiger charge is -2.13. The number of carboxylic acid groups (broad SMARTS) is 1. The minimum Gasteiger partial charge on any atom is -0.480 e. The molecular weight excluding hydrogens is 294 g/mol. The Labute approximate surface area is 125 Å². The monoisotopic (exact) mass is 317 g/mol. The molecule has 7 nitrogen and oxygen atoms in total. The van der Waals surface area contributed by atoms with Gasteiger partial charge in [-0.15, -0.1) is 0 Å². The van der Waals surface area contributed by atoms with Crippen molar-refractivity contribution >= 4 is 16.0 Å². The second-order valence-electron chi connectivity index (χ2n) is 5.61. The SMILES string of the molecule is CC(C)CCCC(C)NS(=O)(=O)c1cnn(CC(=O)O)c1. The zero-order valence-corrected chi connectivity index (χ0v) is 13.4. The van der Waals surface area contributed by atoms with Crippen molar-refractivity contribution in [2.24, 2.45) is 5.92 Å². The van der Waals surface area contributed by atoms with Gasteiger partial charge in [0.05, 0.1) is 6.20 Å². The predicted octanol–water partition coefficient (Wildman–Crippen LogP) is 1.46. The molecule has 1 atom stereocenters. The molecule has 1 aromatic heterocycles. The van der Waals surface area contributed by atoms with E-state index in [1.165, 1.54) is 6.20 Å². The highest BCUT2D eigenvalue weighted by Crippen LogP contribution is 2.12. The largest absolute Gasteiger partial charge is 0.480 e. The maximum absolute atomic E-state index is 12.1. The summed E-state index contributed by atoms with van der Waals surface area (Å²) in [7, 11) is -3.65. The summed E-state index contributed by atoms with van der Waals surface area (Å²) in [6.07, 6.45) is 5.16. The lowest BCUT2D eigenvalue weighted by atomic mass is 10.0. The quantitative estimate of drug-likeness (QED) is 0.718. The fourth-order valence-corrected chi connectivity index (χ4v) is 3.16.